The monoisotopic (exact) mass is 226 g/mol. The normalized spacial score (nSPS) is 10.1. The fourth-order valence-corrected chi connectivity index (χ4v) is 1.08. The van der Waals surface area contributed by atoms with Crippen molar-refractivity contribution in [1.29, 1.82) is 0 Å². The summed E-state index contributed by atoms with van der Waals surface area (Å²) >= 11 is 0. The molecule has 0 aliphatic rings. The lowest BCUT2D eigenvalue weighted by atomic mass is 10.2. The van der Waals surface area contributed by atoms with Gasteiger partial charge in [0.1, 0.15) is 12.4 Å². The molecule has 0 atom stereocenters. The van der Waals surface area contributed by atoms with E-state index in [2.05, 4.69) is 0 Å². The Hall–Kier alpha value is -1.59. The van der Waals surface area contributed by atoms with Crippen molar-refractivity contribution in [2.75, 3.05) is 26.4 Å². The summed E-state index contributed by atoms with van der Waals surface area (Å²) in [5, 5.41) is 17.1. The molecule has 0 aliphatic heterocycles. The van der Waals surface area contributed by atoms with Crippen molar-refractivity contribution in [3.05, 3.63) is 29.8 Å². The van der Waals surface area contributed by atoms with E-state index in [1.807, 2.05) is 0 Å². The molecule has 0 fully saturated rings. The minimum atomic E-state index is -0.960. The van der Waals surface area contributed by atoms with Crippen LogP contribution in [-0.2, 0) is 4.74 Å². The summed E-state index contributed by atoms with van der Waals surface area (Å²) in [6, 6.07) is 6.14. The third-order valence-electron chi connectivity index (χ3n) is 1.83. The Bertz CT molecular complexity index is 320. The zero-order chi connectivity index (χ0) is 11.8. The van der Waals surface area contributed by atoms with Crippen LogP contribution in [0.4, 0.5) is 0 Å². The SMILES string of the molecule is O=C(O)c1ccc(OCCOCCO)cc1. The number of hydrogen-bond donors (Lipinski definition) is 2. The van der Waals surface area contributed by atoms with Gasteiger partial charge in [0.05, 0.1) is 25.4 Å². The zero-order valence-corrected chi connectivity index (χ0v) is 8.76. The minimum absolute atomic E-state index is 0.00664. The number of aliphatic hydroxyl groups is 1. The lowest BCUT2D eigenvalue weighted by Crippen LogP contribution is -2.09. The first-order valence-electron chi connectivity index (χ1n) is 4.89. The summed E-state index contributed by atoms with van der Waals surface area (Å²) in [5.41, 5.74) is 0.226. The highest BCUT2D eigenvalue weighted by molar-refractivity contribution is 5.87. The van der Waals surface area contributed by atoms with Crippen LogP contribution in [0.3, 0.4) is 0 Å². The van der Waals surface area contributed by atoms with Crippen molar-refractivity contribution < 1.29 is 24.5 Å². The molecule has 16 heavy (non-hydrogen) atoms. The van der Waals surface area contributed by atoms with Crippen LogP contribution in [-0.4, -0.2) is 42.6 Å². The van der Waals surface area contributed by atoms with Gasteiger partial charge < -0.3 is 19.7 Å². The molecule has 5 nitrogen and oxygen atoms in total. The number of aromatic carboxylic acids is 1. The Morgan fingerprint density at radius 3 is 2.38 bits per heavy atom. The molecule has 1 aromatic rings. The fraction of sp³-hybridized carbons (Fsp3) is 0.364. The predicted molar refractivity (Wildman–Crippen MR) is 56.8 cm³/mol. The fourth-order valence-electron chi connectivity index (χ4n) is 1.08. The Kier molecular flexibility index (Phi) is 5.31. The van der Waals surface area contributed by atoms with Gasteiger partial charge in [-0.05, 0) is 24.3 Å². The van der Waals surface area contributed by atoms with E-state index in [1.54, 1.807) is 12.1 Å². The van der Waals surface area contributed by atoms with Gasteiger partial charge in [-0.2, -0.15) is 0 Å². The smallest absolute Gasteiger partial charge is 0.335 e. The van der Waals surface area contributed by atoms with Crippen LogP contribution in [0, 0.1) is 0 Å². The summed E-state index contributed by atoms with van der Waals surface area (Å²) in [7, 11) is 0. The first-order valence-corrected chi connectivity index (χ1v) is 4.89. The van der Waals surface area contributed by atoms with Crippen LogP contribution in [0.15, 0.2) is 24.3 Å². The summed E-state index contributed by atoms with van der Waals surface area (Å²) in [5.74, 6) is -0.365. The first-order chi connectivity index (χ1) is 7.74. The van der Waals surface area contributed by atoms with E-state index in [1.165, 1.54) is 12.1 Å². The summed E-state index contributed by atoms with van der Waals surface area (Å²) in [4.78, 5) is 10.6. The van der Waals surface area contributed by atoms with Crippen LogP contribution in [0.5, 0.6) is 5.75 Å². The molecule has 1 rings (SSSR count). The molecule has 88 valence electrons. The largest absolute Gasteiger partial charge is 0.491 e. The van der Waals surface area contributed by atoms with Crippen molar-refractivity contribution in [2.45, 2.75) is 0 Å². The molecule has 0 amide bonds. The second kappa shape index (κ2) is 6.81. The molecular weight excluding hydrogens is 212 g/mol. The lowest BCUT2D eigenvalue weighted by molar-refractivity contribution is 0.0694. The van der Waals surface area contributed by atoms with E-state index in [9.17, 15) is 4.79 Å². The Balaban J connectivity index is 2.29. The third kappa shape index (κ3) is 4.29. The number of aliphatic hydroxyl groups excluding tert-OH is 1. The average molecular weight is 226 g/mol. The van der Waals surface area contributed by atoms with Gasteiger partial charge in [-0.1, -0.05) is 0 Å². The third-order valence-corrected chi connectivity index (χ3v) is 1.83. The number of carbonyl (C=O) groups is 1. The van der Waals surface area contributed by atoms with Crippen molar-refractivity contribution in [3.8, 4) is 5.75 Å². The molecule has 0 aliphatic carbocycles. The molecule has 0 saturated carbocycles. The minimum Gasteiger partial charge on any atom is -0.491 e. The molecular formula is C11H14O5. The molecule has 0 unspecified atom stereocenters. The summed E-state index contributed by atoms with van der Waals surface area (Å²) < 4.78 is 10.3. The quantitative estimate of drug-likeness (QED) is 0.672. The van der Waals surface area contributed by atoms with Gasteiger partial charge in [0, 0.05) is 0 Å². The maximum atomic E-state index is 10.6. The maximum absolute atomic E-state index is 10.6. The van der Waals surface area contributed by atoms with E-state index in [4.69, 9.17) is 19.7 Å². The van der Waals surface area contributed by atoms with Crippen LogP contribution in [0.1, 0.15) is 10.4 Å². The van der Waals surface area contributed by atoms with Gasteiger partial charge in [0.15, 0.2) is 0 Å². The summed E-state index contributed by atoms with van der Waals surface area (Å²) in [6.07, 6.45) is 0. The van der Waals surface area contributed by atoms with Gasteiger partial charge in [-0.3, -0.25) is 0 Å². The maximum Gasteiger partial charge on any atom is 0.335 e. The van der Waals surface area contributed by atoms with Crippen LogP contribution in [0.25, 0.3) is 0 Å². The second-order valence-electron chi connectivity index (χ2n) is 3.01. The number of hydrogen-bond acceptors (Lipinski definition) is 4. The van der Waals surface area contributed by atoms with Crippen molar-refractivity contribution >= 4 is 5.97 Å². The van der Waals surface area contributed by atoms with Gasteiger partial charge in [0.2, 0.25) is 0 Å². The van der Waals surface area contributed by atoms with E-state index in [0.29, 0.717) is 25.6 Å². The predicted octanol–water partition coefficient (Wildman–Crippen LogP) is 0.772. The number of carboxylic acids is 1. The molecule has 0 heterocycles. The Morgan fingerprint density at radius 1 is 1.12 bits per heavy atom. The second-order valence-corrected chi connectivity index (χ2v) is 3.01. The highest BCUT2D eigenvalue weighted by Gasteiger charge is 2.01. The highest BCUT2D eigenvalue weighted by atomic mass is 16.5. The average Bonchev–Trinajstić information content (AvgIpc) is 2.29. The van der Waals surface area contributed by atoms with Crippen molar-refractivity contribution in [2.24, 2.45) is 0 Å². The molecule has 0 saturated heterocycles. The van der Waals surface area contributed by atoms with Gasteiger partial charge in [-0.15, -0.1) is 0 Å². The standard InChI is InChI=1S/C11H14O5/c12-5-6-15-7-8-16-10-3-1-9(2-4-10)11(13)14/h1-4,12H,5-8H2,(H,13,14). The first kappa shape index (κ1) is 12.5. The molecule has 5 heteroatoms. The Morgan fingerprint density at radius 2 is 1.81 bits per heavy atom. The van der Waals surface area contributed by atoms with Gasteiger partial charge in [-0.25, -0.2) is 4.79 Å². The van der Waals surface area contributed by atoms with E-state index in [0.717, 1.165) is 0 Å². The van der Waals surface area contributed by atoms with Crippen molar-refractivity contribution in [1.82, 2.24) is 0 Å². The molecule has 0 bridgehead atoms. The van der Waals surface area contributed by atoms with E-state index >= 15 is 0 Å². The number of benzene rings is 1. The van der Waals surface area contributed by atoms with Crippen LogP contribution < -0.4 is 4.74 Å². The lowest BCUT2D eigenvalue weighted by Gasteiger charge is -2.06. The molecule has 1 aromatic carbocycles. The molecule has 2 N–H and O–H groups in total. The zero-order valence-electron chi connectivity index (χ0n) is 8.76. The van der Waals surface area contributed by atoms with Gasteiger partial charge in [0.25, 0.3) is 0 Å². The van der Waals surface area contributed by atoms with Crippen LogP contribution >= 0.6 is 0 Å². The summed E-state index contributed by atoms with van der Waals surface area (Å²) in [6.45, 7) is 1.04. The van der Waals surface area contributed by atoms with Crippen LogP contribution in [0.2, 0.25) is 0 Å². The van der Waals surface area contributed by atoms with Gasteiger partial charge >= 0.3 is 5.97 Å². The van der Waals surface area contributed by atoms with Crippen molar-refractivity contribution in [3.63, 3.8) is 0 Å². The Labute approximate surface area is 93.2 Å². The number of rotatable bonds is 7. The van der Waals surface area contributed by atoms with E-state index < -0.39 is 5.97 Å². The molecule has 0 radical (unpaired) electrons. The molecule has 0 spiro atoms. The topological polar surface area (TPSA) is 76.0 Å². The molecule has 0 aromatic heterocycles. The number of carboxylic acid groups (broad SMARTS) is 1. The highest BCUT2D eigenvalue weighted by Crippen LogP contribution is 2.11. The van der Waals surface area contributed by atoms with E-state index in [-0.39, 0.29) is 12.2 Å². The number of ether oxygens (including phenoxy) is 2.